The molecule has 1 heterocycles. The maximum atomic E-state index is 12.3. The molecule has 0 spiro atoms. The average molecular weight is 402 g/mol. The molecule has 2 aliphatic carbocycles. The lowest BCUT2D eigenvalue weighted by molar-refractivity contribution is -0.122. The molecule has 0 radical (unpaired) electrons. The molecular formula is C25H27N3O2. The van der Waals surface area contributed by atoms with Gasteiger partial charge in [0.2, 0.25) is 17.7 Å². The van der Waals surface area contributed by atoms with Gasteiger partial charge in [-0.25, -0.2) is 0 Å². The molecule has 1 amide bonds. The van der Waals surface area contributed by atoms with Crippen molar-refractivity contribution in [3.63, 3.8) is 0 Å². The average Bonchev–Trinajstić information content (AvgIpc) is 3.71. The van der Waals surface area contributed by atoms with E-state index in [1.54, 1.807) is 0 Å². The largest absolute Gasteiger partial charge is 0.425 e. The summed E-state index contributed by atoms with van der Waals surface area (Å²) in [6.45, 7) is 0. The number of amides is 1. The number of carbonyl (C=O) groups excluding carboxylic acids is 1. The number of rotatable bonds is 9. The van der Waals surface area contributed by atoms with Gasteiger partial charge in [0.15, 0.2) is 0 Å². The zero-order chi connectivity index (χ0) is 20.3. The van der Waals surface area contributed by atoms with Crippen molar-refractivity contribution in [2.45, 2.75) is 51.0 Å². The van der Waals surface area contributed by atoms with Gasteiger partial charge in [0.05, 0.1) is 6.42 Å². The van der Waals surface area contributed by atoms with Crippen LogP contribution in [-0.4, -0.2) is 22.1 Å². The topological polar surface area (TPSA) is 68.0 Å². The summed E-state index contributed by atoms with van der Waals surface area (Å²) in [6, 6.07) is 19.1. The van der Waals surface area contributed by atoms with Crippen LogP contribution in [0.2, 0.25) is 0 Å². The van der Waals surface area contributed by atoms with Gasteiger partial charge in [0, 0.05) is 18.9 Å². The highest BCUT2D eigenvalue weighted by molar-refractivity contribution is 5.76. The van der Waals surface area contributed by atoms with Crippen LogP contribution in [0.5, 0.6) is 0 Å². The number of hydrogen-bond acceptors (Lipinski definition) is 4. The van der Waals surface area contributed by atoms with Gasteiger partial charge in [-0.2, -0.15) is 0 Å². The van der Waals surface area contributed by atoms with E-state index in [-0.39, 0.29) is 5.91 Å². The minimum atomic E-state index is 0.107. The second-order valence-electron chi connectivity index (χ2n) is 8.60. The molecule has 5 nitrogen and oxygen atoms in total. The molecule has 2 aromatic carbocycles. The fraction of sp³-hybridized carbons (Fsp3) is 0.400. The molecule has 1 N–H and O–H groups in total. The monoisotopic (exact) mass is 401 g/mol. The Morgan fingerprint density at radius 3 is 2.20 bits per heavy atom. The third-order valence-corrected chi connectivity index (χ3v) is 6.08. The molecule has 0 atom stereocenters. The zero-order valence-electron chi connectivity index (χ0n) is 17.1. The SMILES string of the molecule is O=C(CCc1nnc(Cc2ccc(-c3ccccc3)cc2)o1)NC(C1CC1)C1CC1. The van der Waals surface area contributed by atoms with Crippen LogP contribution in [0.4, 0.5) is 0 Å². The minimum absolute atomic E-state index is 0.107. The van der Waals surface area contributed by atoms with Crippen LogP contribution >= 0.6 is 0 Å². The van der Waals surface area contributed by atoms with Crippen LogP contribution in [0.3, 0.4) is 0 Å². The summed E-state index contributed by atoms with van der Waals surface area (Å²) in [5.41, 5.74) is 3.51. The minimum Gasteiger partial charge on any atom is -0.425 e. The summed E-state index contributed by atoms with van der Waals surface area (Å²) >= 11 is 0. The number of nitrogens with one attached hydrogen (secondary N) is 1. The van der Waals surface area contributed by atoms with Crippen molar-refractivity contribution in [2.24, 2.45) is 11.8 Å². The van der Waals surface area contributed by atoms with Gasteiger partial charge >= 0.3 is 0 Å². The van der Waals surface area contributed by atoms with Crippen LogP contribution in [-0.2, 0) is 17.6 Å². The Morgan fingerprint density at radius 2 is 1.53 bits per heavy atom. The first-order valence-corrected chi connectivity index (χ1v) is 11.0. The summed E-state index contributed by atoms with van der Waals surface area (Å²) < 4.78 is 5.78. The first kappa shape index (κ1) is 19.0. The zero-order valence-corrected chi connectivity index (χ0v) is 17.1. The van der Waals surface area contributed by atoms with Gasteiger partial charge in [-0.1, -0.05) is 54.6 Å². The lowest BCUT2D eigenvalue weighted by Gasteiger charge is -2.17. The number of aromatic nitrogens is 2. The van der Waals surface area contributed by atoms with Gasteiger partial charge < -0.3 is 9.73 Å². The number of carbonyl (C=O) groups is 1. The van der Waals surface area contributed by atoms with Crippen LogP contribution in [0.25, 0.3) is 11.1 Å². The van der Waals surface area contributed by atoms with Crippen LogP contribution < -0.4 is 5.32 Å². The van der Waals surface area contributed by atoms with Crippen molar-refractivity contribution in [1.82, 2.24) is 15.5 Å². The molecule has 0 aliphatic heterocycles. The van der Waals surface area contributed by atoms with Crippen molar-refractivity contribution in [3.8, 4) is 11.1 Å². The van der Waals surface area contributed by atoms with Gasteiger partial charge in [-0.05, 0) is 54.2 Å². The third kappa shape index (κ3) is 4.78. The Hall–Kier alpha value is -2.95. The molecule has 2 aliphatic rings. The molecule has 5 rings (SSSR count). The third-order valence-electron chi connectivity index (χ3n) is 6.08. The summed E-state index contributed by atoms with van der Waals surface area (Å²) in [6.07, 6.45) is 6.56. The molecule has 30 heavy (non-hydrogen) atoms. The van der Waals surface area contributed by atoms with E-state index >= 15 is 0 Å². The maximum Gasteiger partial charge on any atom is 0.220 e. The normalized spacial score (nSPS) is 16.0. The first-order chi connectivity index (χ1) is 14.7. The van der Waals surface area contributed by atoms with Crippen molar-refractivity contribution >= 4 is 5.91 Å². The Kier molecular flexibility index (Phi) is 5.35. The Balaban J connectivity index is 1.12. The number of benzene rings is 2. The Labute approximate surface area is 176 Å². The predicted molar refractivity (Wildman–Crippen MR) is 115 cm³/mol. The highest BCUT2D eigenvalue weighted by Gasteiger charge is 2.42. The lowest BCUT2D eigenvalue weighted by Crippen LogP contribution is -2.38. The molecule has 0 saturated heterocycles. The number of aryl methyl sites for hydroxylation is 1. The standard InChI is InChI=1S/C25H27N3O2/c29-22(26-25(20-10-11-20)21-12-13-21)14-15-23-27-28-24(30-23)16-17-6-8-19(9-7-17)18-4-2-1-3-5-18/h1-9,20-21,25H,10-16H2,(H,26,29). The van der Waals surface area contributed by atoms with Gasteiger partial charge in [-0.15, -0.1) is 10.2 Å². The van der Waals surface area contributed by atoms with E-state index in [4.69, 9.17) is 4.42 Å². The first-order valence-electron chi connectivity index (χ1n) is 11.0. The lowest BCUT2D eigenvalue weighted by atomic mass is 10.0. The van der Waals surface area contributed by atoms with Crippen LogP contribution in [0.15, 0.2) is 59.0 Å². The summed E-state index contributed by atoms with van der Waals surface area (Å²) in [5.74, 6) is 2.66. The Morgan fingerprint density at radius 1 is 0.900 bits per heavy atom. The predicted octanol–water partition coefficient (Wildman–Crippen LogP) is 4.56. The van der Waals surface area contributed by atoms with Crippen molar-refractivity contribution < 1.29 is 9.21 Å². The Bertz CT molecular complexity index is 977. The molecule has 5 heteroatoms. The molecular weight excluding hydrogens is 374 g/mol. The highest BCUT2D eigenvalue weighted by Crippen LogP contribution is 2.44. The summed E-state index contributed by atoms with van der Waals surface area (Å²) in [4.78, 5) is 12.3. The summed E-state index contributed by atoms with van der Waals surface area (Å²) in [5, 5.41) is 11.5. The van der Waals surface area contributed by atoms with Crippen molar-refractivity contribution in [2.75, 3.05) is 0 Å². The van der Waals surface area contributed by atoms with Gasteiger partial charge in [0.25, 0.3) is 0 Å². The highest BCUT2D eigenvalue weighted by atomic mass is 16.4. The second-order valence-corrected chi connectivity index (χ2v) is 8.60. The quantitative estimate of drug-likeness (QED) is 0.570. The van der Waals surface area contributed by atoms with Gasteiger partial charge in [0.1, 0.15) is 0 Å². The second kappa shape index (κ2) is 8.42. The van der Waals surface area contributed by atoms with Crippen LogP contribution in [0, 0.1) is 11.8 Å². The molecule has 2 saturated carbocycles. The molecule has 2 fully saturated rings. The summed E-state index contributed by atoms with van der Waals surface area (Å²) in [7, 11) is 0. The van der Waals surface area contributed by atoms with Crippen molar-refractivity contribution in [3.05, 3.63) is 71.9 Å². The number of hydrogen-bond donors (Lipinski definition) is 1. The fourth-order valence-electron chi connectivity index (χ4n) is 4.09. The number of nitrogens with zero attached hydrogens (tertiary/aromatic N) is 2. The molecule has 1 aromatic heterocycles. The fourth-order valence-corrected chi connectivity index (χ4v) is 4.09. The van der Waals surface area contributed by atoms with Crippen LogP contribution in [0.1, 0.15) is 49.4 Å². The maximum absolute atomic E-state index is 12.3. The smallest absolute Gasteiger partial charge is 0.220 e. The van der Waals surface area contributed by atoms with E-state index in [9.17, 15) is 4.79 Å². The molecule has 0 bridgehead atoms. The van der Waals surface area contributed by atoms with E-state index in [0.717, 1.165) is 5.56 Å². The van der Waals surface area contributed by atoms with E-state index in [0.29, 0.717) is 48.9 Å². The van der Waals surface area contributed by atoms with Crippen molar-refractivity contribution in [1.29, 1.82) is 0 Å². The van der Waals surface area contributed by atoms with E-state index in [1.165, 1.54) is 36.8 Å². The van der Waals surface area contributed by atoms with E-state index < -0.39 is 0 Å². The molecule has 3 aromatic rings. The van der Waals surface area contributed by atoms with E-state index in [2.05, 4.69) is 51.9 Å². The molecule has 0 unspecified atom stereocenters. The van der Waals surface area contributed by atoms with Gasteiger partial charge in [-0.3, -0.25) is 4.79 Å². The van der Waals surface area contributed by atoms with E-state index in [1.807, 2.05) is 18.2 Å². The molecule has 154 valence electrons.